The van der Waals surface area contributed by atoms with E-state index in [1.807, 2.05) is 45.0 Å². The van der Waals surface area contributed by atoms with Crippen LogP contribution in [-0.4, -0.2) is 12.7 Å². The van der Waals surface area contributed by atoms with Crippen molar-refractivity contribution in [2.24, 2.45) is 0 Å². The fraction of sp³-hybridized carbons (Fsp3) is 0.333. The van der Waals surface area contributed by atoms with Crippen LogP contribution >= 0.6 is 15.9 Å². The maximum atomic E-state index is 5.67. The van der Waals surface area contributed by atoms with Crippen molar-refractivity contribution >= 4 is 15.9 Å². The molecule has 0 amide bonds. The SMILES string of the molecule is CCOc1ccc(C(Br)c2ccc(OC(C)C)cc2)cc1. The molecule has 0 aliphatic heterocycles. The molecule has 0 spiro atoms. The van der Waals surface area contributed by atoms with Crippen molar-refractivity contribution in [1.82, 2.24) is 0 Å². The molecule has 2 aromatic carbocycles. The molecule has 1 atom stereocenters. The lowest BCUT2D eigenvalue weighted by Gasteiger charge is -2.14. The standard InChI is InChI=1S/C18H21BrO2/c1-4-20-16-9-5-14(6-10-16)18(19)15-7-11-17(12-8-15)21-13(2)3/h5-13,18H,4H2,1-3H3. The average molecular weight is 349 g/mol. The fourth-order valence-corrected chi connectivity index (χ4v) is 2.69. The van der Waals surface area contributed by atoms with Gasteiger partial charge in [0.05, 0.1) is 17.5 Å². The third kappa shape index (κ3) is 4.50. The summed E-state index contributed by atoms with van der Waals surface area (Å²) >= 11 is 3.75. The van der Waals surface area contributed by atoms with E-state index in [4.69, 9.17) is 9.47 Å². The number of hydrogen-bond acceptors (Lipinski definition) is 2. The normalized spacial score (nSPS) is 12.2. The van der Waals surface area contributed by atoms with Crippen molar-refractivity contribution in [2.45, 2.75) is 31.7 Å². The quantitative estimate of drug-likeness (QED) is 0.654. The van der Waals surface area contributed by atoms with Crippen molar-refractivity contribution in [3.8, 4) is 11.5 Å². The van der Waals surface area contributed by atoms with Gasteiger partial charge in [-0.1, -0.05) is 40.2 Å². The van der Waals surface area contributed by atoms with Crippen LogP contribution in [0.25, 0.3) is 0 Å². The van der Waals surface area contributed by atoms with Gasteiger partial charge in [0, 0.05) is 0 Å². The minimum Gasteiger partial charge on any atom is -0.494 e. The van der Waals surface area contributed by atoms with Crippen molar-refractivity contribution in [3.63, 3.8) is 0 Å². The zero-order chi connectivity index (χ0) is 15.2. The van der Waals surface area contributed by atoms with E-state index in [1.54, 1.807) is 0 Å². The first-order valence-electron chi connectivity index (χ1n) is 7.23. The Labute approximate surface area is 135 Å². The van der Waals surface area contributed by atoms with Gasteiger partial charge in [-0.3, -0.25) is 0 Å². The number of hydrogen-bond donors (Lipinski definition) is 0. The highest BCUT2D eigenvalue weighted by atomic mass is 79.9. The summed E-state index contributed by atoms with van der Waals surface area (Å²) in [6.45, 7) is 6.73. The summed E-state index contributed by atoms with van der Waals surface area (Å²) in [5.74, 6) is 1.81. The highest BCUT2D eigenvalue weighted by molar-refractivity contribution is 9.09. The van der Waals surface area contributed by atoms with Gasteiger partial charge in [0.25, 0.3) is 0 Å². The molecule has 0 saturated carbocycles. The summed E-state index contributed by atoms with van der Waals surface area (Å²) in [6, 6.07) is 16.4. The molecule has 21 heavy (non-hydrogen) atoms. The van der Waals surface area contributed by atoms with Crippen LogP contribution in [0.1, 0.15) is 36.7 Å². The molecule has 0 heterocycles. The molecule has 2 aromatic rings. The second kappa shape index (κ2) is 7.51. The predicted molar refractivity (Wildman–Crippen MR) is 90.6 cm³/mol. The van der Waals surface area contributed by atoms with Crippen LogP contribution in [0.2, 0.25) is 0 Å². The molecular weight excluding hydrogens is 328 g/mol. The Morgan fingerprint density at radius 1 is 0.857 bits per heavy atom. The van der Waals surface area contributed by atoms with Crippen molar-refractivity contribution in [2.75, 3.05) is 6.61 Å². The third-order valence-electron chi connectivity index (χ3n) is 3.03. The molecule has 3 heteroatoms. The molecule has 0 aliphatic rings. The lowest BCUT2D eigenvalue weighted by atomic mass is 10.0. The molecule has 0 N–H and O–H groups in total. The molecule has 112 valence electrons. The minimum absolute atomic E-state index is 0.168. The Morgan fingerprint density at radius 2 is 1.33 bits per heavy atom. The van der Waals surface area contributed by atoms with E-state index in [0.29, 0.717) is 6.61 Å². The van der Waals surface area contributed by atoms with E-state index < -0.39 is 0 Å². The number of benzene rings is 2. The number of ether oxygens (including phenoxy) is 2. The lowest BCUT2D eigenvalue weighted by molar-refractivity contribution is 0.242. The average Bonchev–Trinajstić information content (AvgIpc) is 2.48. The second-order valence-electron chi connectivity index (χ2n) is 5.10. The van der Waals surface area contributed by atoms with Crippen molar-refractivity contribution in [1.29, 1.82) is 0 Å². The van der Waals surface area contributed by atoms with E-state index in [0.717, 1.165) is 11.5 Å². The molecular formula is C18H21BrO2. The van der Waals surface area contributed by atoms with Gasteiger partial charge in [0.1, 0.15) is 11.5 Å². The zero-order valence-corrected chi connectivity index (χ0v) is 14.3. The van der Waals surface area contributed by atoms with Crippen LogP contribution in [0.5, 0.6) is 11.5 Å². The molecule has 0 bridgehead atoms. The van der Waals surface area contributed by atoms with Gasteiger partial charge in [0.2, 0.25) is 0 Å². The largest absolute Gasteiger partial charge is 0.494 e. The summed E-state index contributed by atoms with van der Waals surface area (Å²) in [5.41, 5.74) is 2.41. The maximum Gasteiger partial charge on any atom is 0.119 e. The van der Waals surface area contributed by atoms with Crippen LogP contribution in [0.4, 0.5) is 0 Å². The Kier molecular flexibility index (Phi) is 5.68. The zero-order valence-electron chi connectivity index (χ0n) is 12.7. The number of halogens is 1. The van der Waals surface area contributed by atoms with E-state index in [-0.39, 0.29) is 10.9 Å². The highest BCUT2D eigenvalue weighted by Gasteiger charge is 2.10. The molecule has 0 aliphatic carbocycles. The molecule has 2 rings (SSSR count). The smallest absolute Gasteiger partial charge is 0.119 e. The van der Waals surface area contributed by atoms with Crippen LogP contribution in [0.15, 0.2) is 48.5 Å². The summed E-state index contributed by atoms with van der Waals surface area (Å²) in [7, 11) is 0. The van der Waals surface area contributed by atoms with Crippen LogP contribution < -0.4 is 9.47 Å². The van der Waals surface area contributed by atoms with E-state index in [1.165, 1.54) is 11.1 Å². The molecule has 0 radical (unpaired) electrons. The first kappa shape index (κ1) is 15.9. The van der Waals surface area contributed by atoms with Gasteiger partial charge in [-0.05, 0) is 56.2 Å². The molecule has 0 saturated heterocycles. The van der Waals surface area contributed by atoms with Gasteiger partial charge in [0.15, 0.2) is 0 Å². The Hall–Kier alpha value is -1.48. The Morgan fingerprint density at radius 3 is 1.76 bits per heavy atom. The predicted octanol–water partition coefficient (Wildman–Crippen LogP) is 5.36. The summed E-state index contributed by atoms with van der Waals surface area (Å²) in [4.78, 5) is 0.168. The summed E-state index contributed by atoms with van der Waals surface area (Å²) < 4.78 is 11.1. The summed E-state index contributed by atoms with van der Waals surface area (Å²) in [5, 5.41) is 0. The van der Waals surface area contributed by atoms with Crippen LogP contribution in [-0.2, 0) is 0 Å². The van der Waals surface area contributed by atoms with E-state index >= 15 is 0 Å². The Balaban J connectivity index is 2.09. The number of rotatable bonds is 6. The maximum absolute atomic E-state index is 5.67. The van der Waals surface area contributed by atoms with Crippen molar-refractivity contribution < 1.29 is 9.47 Å². The first-order valence-corrected chi connectivity index (χ1v) is 8.15. The van der Waals surface area contributed by atoms with Gasteiger partial charge < -0.3 is 9.47 Å². The lowest BCUT2D eigenvalue weighted by Crippen LogP contribution is -2.05. The topological polar surface area (TPSA) is 18.5 Å². The minimum atomic E-state index is 0.168. The van der Waals surface area contributed by atoms with E-state index in [2.05, 4.69) is 40.2 Å². The van der Waals surface area contributed by atoms with E-state index in [9.17, 15) is 0 Å². The van der Waals surface area contributed by atoms with Crippen molar-refractivity contribution in [3.05, 3.63) is 59.7 Å². The summed E-state index contributed by atoms with van der Waals surface area (Å²) in [6.07, 6.45) is 0.196. The molecule has 0 fully saturated rings. The molecule has 1 unspecified atom stereocenters. The molecule has 2 nitrogen and oxygen atoms in total. The fourth-order valence-electron chi connectivity index (χ4n) is 2.08. The number of alkyl halides is 1. The van der Waals surface area contributed by atoms with Gasteiger partial charge in [-0.25, -0.2) is 0 Å². The second-order valence-corrected chi connectivity index (χ2v) is 6.02. The van der Waals surface area contributed by atoms with Gasteiger partial charge in [-0.2, -0.15) is 0 Å². The van der Waals surface area contributed by atoms with Gasteiger partial charge >= 0.3 is 0 Å². The molecule has 0 aromatic heterocycles. The van der Waals surface area contributed by atoms with Gasteiger partial charge in [-0.15, -0.1) is 0 Å². The highest BCUT2D eigenvalue weighted by Crippen LogP contribution is 2.32. The first-order chi connectivity index (χ1) is 10.1. The van der Waals surface area contributed by atoms with Crippen LogP contribution in [0.3, 0.4) is 0 Å². The Bertz CT molecular complexity index is 546. The third-order valence-corrected chi connectivity index (χ3v) is 4.09. The monoisotopic (exact) mass is 348 g/mol. The van der Waals surface area contributed by atoms with Crippen LogP contribution in [0, 0.1) is 0 Å².